The van der Waals surface area contributed by atoms with E-state index in [-0.39, 0.29) is 6.61 Å². The summed E-state index contributed by atoms with van der Waals surface area (Å²) in [7, 11) is 0. The van der Waals surface area contributed by atoms with Gasteiger partial charge >= 0.3 is 0 Å². The zero-order valence-corrected chi connectivity index (χ0v) is 11.6. The minimum absolute atomic E-state index is 0.0397. The molecular weight excluding hydrogens is 270 g/mol. The van der Waals surface area contributed by atoms with Crippen LogP contribution in [-0.4, -0.2) is 10.1 Å². The lowest BCUT2D eigenvalue weighted by Gasteiger charge is -2.03. The number of halogens is 1. The summed E-state index contributed by atoms with van der Waals surface area (Å²) in [6.07, 6.45) is 0.823. The Balaban J connectivity index is 2.04. The smallest absolute Gasteiger partial charge is 0.140 e. The number of aromatic nitrogens is 1. The van der Waals surface area contributed by atoms with Crippen molar-refractivity contribution in [2.75, 3.05) is 0 Å². The third-order valence-electron chi connectivity index (χ3n) is 2.46. The molecule has 0 aliphatic heterocycles. The highest BCUT2D eigenvalue weighted by molar-refractivity contribution is 7.11. The number of benzene rings is 1. The second kappa shape index (κ2) is 6.18. The van der Waals surface area contributed by atoms with E-state index in [0.717, 1.165) is 27.7 Å². The molecule has 0 atom stereocenters. The molecule has 0 amide bonds. The molecule has 0 unspecified atom stereocenters. The van der Waals surface area contributed by atoms with E-state index >= 15 is 0 Å². The molecule has 0 aliphatic rings. The summed E-state index contributed by atoms with van der Waals surface area (Å²) >= 11 is 7.36. The van der Waals surface area contributed by atoms with Crippen LogP contribution in [0, 0.1) is 0 Å². The molecule has 5 heteroatoms. The van der Waals surface area contributed by atoms with Gasteiger partial charge in [0, 0.05) is 5.02 Å². The van der Waals surface area contributed by atoms with Gasteiger partial charge in [0.2, 0.25) is 0 Å². The number of nitrogens with zero attached hydrogens (tertiary/aromatic N) is 1. The standard InChI is InChI=1S/C13H14ClNO2S/c1-2-11-12(7-16)18-13(15-11)8-17-10-5-3-4-9(14)6-10/h3-6,16H,2,7-8H2,1H3. The molecule has 0 aliphatic carbocycles. The van der Waals surface area contributed by atoms with Crippen molar-refractivity contribution < 1.29 is 9.84 Å². The first-order valence-corrected chi connectivity index (χ1v) is 6.89. The number of hydrogen-bond donors (Lipinski definition) is 1. The van der Waals surface area contributed by atoms with Crippen LogP contribution in [-0.2, 0) is 19.6 Å². The van der Waals surface area contributed by atoms with Crippen molar-refractivity contribution in [3.05, 3.63) is 44.9 Å². The SMILES string of the molecule is CCc1nc(COc2cccc(Cl)c2)sc1CO. The summed E-state index contributed by atoms with van der Waals surface area (Å²) in [5.74, 6) is 0.723. The maximum absolute atomic E-state index is 9.20. The zero-order valence-electron chi connectivity index (χ0n) is 10.0. The minimum Gasteiger partial charge on any atom is -0.486 e. The van der Waals surface area contributed by atoms with Crippen LogP contribution >= 0.6 is 22.9 Å². The fraction of sp³-hybridized carbons (Fsp3) is 0.308. The highest BCUT2D eigenvalue weighted by Crippen LogP contribution is 2.22. The number of rotatable bonds is 5. The lowest BCUT2D eigenvalue weighted by molar-refractivity contribution is 0.284. The summed E-state index contributed by atoms with van der Waals surface area (Å²) in [5, 5.41) is 10.7. The molecule has 0 radical (unpaired) electrons. The Morgan fingerprint density at radius 3 is 2.89 bits per heavy atom. The van der Waals surface area contributed by atoms with E-state index in [1.807, 2.05) is 19.1 Å². The molecular formula is C13H14ClNO2S. The molecule has 1 heterocycles. The largest absolute Gasteiger partial charge is 0.486 e. The van der Waals surface area contributed by atoms with Gasteiger partial charge < -0.3 is 9.84 Å². The van der Waals surface area contributed by atoms with Gasteiger partial charge in [-0.05, 0) is 24.6 Å². The number of aryl methyl sites for hydroxylation is 1. The van der Waals surface area contributed by atoms with Gasteiger partial charge in [0.25, 0.3) is 0 Å². The summed E-state index contributed by atoms with van der Waals surface area (Å²) in [4.78, 5) is 5.36. The first kappa shape index (κ1) is 13.3. The number of aliphatic hydroxyl groups excluding tert-OH is 1. The van der Waals surface area contributed by atoms with Gasteiger partial charge in [-0.2, -0.15) is 0 Å². The Bertz CT molecular complexity index is 506. The van der Waals surface area contributed by atoms with Crippen LogP contribution in [0.15, 0.2) is 24.3 Å². The Labute approximate surface area is 115 Å². The second-order valence-electron chi connectivity index (χ2n) is 3.74. The number of hydrogen-bond acceptors (Lipinski definition) is 4. The Morgan fingerprint density at radius 2 is 2.28 bits per heavy atom. The van der Waals surface area contributed by atoms with E-state index < -0.39 is 0 Å². The van der Waals surface area contributed by atoms with Crippen LogP contribution in [0.5, 0.6) is 5.75 Å². The molecule has 0 fully saturated rings. The maximum atomic E-state index is 9.20. The molecule has 96 valence electrons. The van der Waals surface area contributed by atoms with Crippen molar-refractivity contribution in [1.82, 2.24) is 4.98 Å². The molecule has 0 bridgehead atoms. The van der Waals surface area contributed by atoms with Crippen LogP contribution in [0.25, 0.3) is 0 Å². The predicted molar refractivity (Wildman–Crippen MR) is 73.2 cm³/mol. The fourth-order valence-corrected chi connectivity index (χ4v) is 2.71. The Morgan fingerprint density at radius 1 is 1.44 bits per heavy atom. The van der Waals surface area contributed by atoms with E-state index in [9.17, 15) is 5.11 Å². The van der Waals surface area contributed by atoms with Gasteiger partial charge in [-0.3, -0.25) is 0 Å². The van der Waals surface area contributed by atoms with E-state index in [4.69, 9.17) is 16.3 Å². The zero-order chi connectivity index (χ0) is 13.0. The quantitative estimate of drug-likeness (QED) is 0.914. The number of thiazole rings is 1. The normalized spacial score (nSPS) is 10.6. The number of aliphatic hydroxyl groups is 1. The number of ether oxygens (including phenoxy) is 1. The third-order valence-corrected chi connectivity index (χ3v) is 3.75. The molecule has 18 heavy (non-hydrogen) atoms. The fourth-order valence-electron chi connectivity index (χ4n) is 1.60. The van der Waals surface area contributed by atoms with Crippen molar-refractivity contribution in [3.8, 4) is 5.75 Å². The molecule has 2 aromatic rings. The molecule has 0 saturated carbocycles. The molecule has 0 spiro atoms. The van der Waals surface area contributed by atoms with E-state index in [1.54, 1.807) is 12.1 Å². The topological polar surface area (TPSA) is 42.4 Å². The molecule has 1 aromatic carbocycles. The van der Waals surface area contributed by atoms with Crippen molar-refractivity contribution >= 4 is 22.9 Å². The van der Waals surface area contributed by atoms with E-state index in [1.165, 1.54) is 11.3 Å². The molecule has 1 aromatic heterocycles. The Hall–Kier alpha value is -1.10. The van der Waals surface area contributed by atoms with E-state index in [2.05, 4.69) is 4.98 Å². The van der Waals surface area contributed by atoms with Gasteiger partial charge in [-0.25, -0.2) is 4.98 Å². The van der Waals surface area contributed by atoms with Gasteiger partial charge in [0.05, 0.1) is 17.2 Å². The average Bonchev–Trinajstić information content (AvgIpc) is 2.79. The molecule has 2 rings (SSSR count). The lowest BCUT2D eigenvalue weighted by Crippen LogP contribution is -1.95. The summed E-state index contributed by atoms with van der Waals surface area (Å²) < 4.78 is 5.61. The van der Waals surface area contributed by atoms with Crippen molar-refractivity contribution in [2.24, 2.45) is 0 Å². The summed E-state index contributed by atoms with van der Waals surface area (Å²) in [6, 6.07) is 7.27. The van der Waals surface area contributed by atoms with Crippen LogP contribution in [0.4, 0.5) is 0 Å². The van der Waals surface area contributed by atoms with E-state index in [0.29, 0.717) is 11.6 Å². The van der Waals surface area contributed by atoms with Crippen LogP contribution in [0.2, 0.25) is 5.02 Å². The summed E-state index contributed by atoms with van der Waals surface area (Å²) in [5.41, 5.74) is 0.951. The van der Waals surface area contributed by atoms with Gasteiger partial charge in [-0.15, -0.1) is 11.3 Å². The van der Waals surface area contributed by atoms with Gasteiger partial charge in [0.1, 0.15) is 17.4 Å². The van der Waals surface area contributed by atoms with Crippen molar-refractivity contribution in [3.63, 3.8) is 0 Å². The van der Waals surface area contributed by atoms with Crippen LogP contribution in [0.1, 0.15) is 22.5 Å². The maximum Gasteiger partial charge on any atom is 0.140 e. The first-order chi connectivity index (χ1) is 8.72. The molecule has 1 N–H and O–H groups in total. The second-order valence-corrected chi connectivity index (χ2v) is 5.34. The first-order valence-electron chi connectivity index (χ1n) is 5.69. The monoisotopic (exact) mass is 283 g/mol. The van der Waals surface area contributed by atoms with Gasteiger partial charge in [0.15, 0.2) is 0 Å². The minimum atomic E-state index is 0.0397. The highest BCUT2D eigenvalue weighted by atomic mass is 35.5. The van der Waals surface area contributed by atoms with Crippen molar-refractivity contribution in [1.29, 1.82) is 0 Å². The third kappa shape index (κ3) is 3.22. The Kier molecular flexibility index (Phi) is 4.58. The average molecular weight is 284 g/mol. The molecule has 0 saturated heterocycles. The van der Waals surface area contributed by atoms with Crippen LogP contribution < -0.4 is 4.74 Å². The molecule has 3 nitrogen and oxygen atoms in total. The van der Waals surface area contributed by atoms with Crippen molar-refractivity contribution in [2.45, 2.75) is 26.6 Å². The predicted octanol–water partition coefficient (Wildman–Crippen LogP) is 3.43. The highest BCUT2D eigenvalue weighted by Gasteiger charge is 2.09. The van der Waals surface area contributed by atoms with Gasteiger partial charge in [-0.1, -0.05) is 24.6 Å². The van der Waals surface area contributed by atoms with Crippen LogP contribution in [0.3, 0.4) is 0 Å². The summed E-state index contributed by atoms with van der Waals surface area (Å²) in [6.45, 7) is 2.46. The lowest BCUT2D eigenvalue weighted by atomic mass is 10.3.